The monoisotopic (exact) mass is 297 g/mol. The molecule has 0 radical (unpaired) electrons. The molecule has 1 aliphatic heterocycles. The maximum Gasteiger partial charge on any atom is 0.257 e. The number of benzene rings is 1. The lowest BCUT2D eigenvalue weighted by Crippen LogP contribution is -2.18. The Hall–Kier alpha value is -2.56. The van der Waals surface area contributed by atoms with E-state index in [0.29, 0.717) is 5.56 Å². The van der Waals surface area contributed by atoms with Crippen molar-refractivity contribution >= 4 is 17.3 Å². The second-order valence-corrected chi connectivity index (χ2v) is 5.59. The topological polar surface area (TPSA) is 65.2 Å². The summed E-state index contributed by atoms with van der Waals surface area (Å²) in [5.74, 6) is -0.228. The summed E-state index contributed by atoms with van der Waals surface area (Å²) in [6, 6.07) is 8.95. The lowest BCUT2D eigenvalue weighted by atomic mass is 10.1. The van der Waals surface area contributed by atoms with Crippen LogP contribution in [0.3, 0.4) is 0 Å². The highest BCUT2D eigenvalue weighted by molar-refractivity contribution is 6.04. The third-order valence-electron chi connectivity index (χ3n) is 3.98. The van der Waals surface area contributed by atoms with Crippen molar-refractivity contribution in [3.8, 4) is 0 Å². The third-order valence-corrected chi connectivity index (χ3v) is 3.98. The first-order chi connectivity index (χ1) is 10.6. The number of carbonyl (C=O) groups excluding carboxylic acids is 1. The van der Waals surface area contributed by atoms with Gasteiger partial charge in [0.1, 0.15) is 0 Å². The van der Waals surface area contributed by atoms with Gasteiger partial charge in [0, 0.05) is 36.7 Å². The van der Waals surface area contributed by atoms with Crippen molar-refractivity contribution in [1.29, 1.82) is 0 Å². The molecule has 1 aliphatic rings. The average Bonchev–Trinajstić information content (AvgIpc) is 3.04. The predicted molar refractivity (Wildman–Crippen MR) is 87.6 cm³/mol. The van der Waals surface area contributed by atoms with Crippen LogP contribution in [0.1, 0.15) is 28.8 Å². The molecule has 2 heterocycles. The number of carbonyl (C=O) groups is 1. The van der Waals surface area contributed by atoms with Gasteiger partial charge in [-0.25, -0.2) is 0 Å². The van der Waals surface area contributed by atoms with E-state index < -0.39 is 0 Å². The second kappa shape index (κ2) is 6.05. The standard InChI is InChI=1S/C17H19N3O2/c1-12-10-14(20-8-2-3-9-20)5-6-15(12)19-17(22)13-4-7-16(21)18-11-13/h4-7,10-11H,2-3,8-9H2,1H3,(H,18,21)(H,19,22). The van der Waals surface area contributed by atoms with Crippen LogP contribution in [-0.2, 0) is 0 Å². The quantitative estimate of drug-likeness (QED) is 0.915. The van der Waals surface area contributed by atoms with Gasteiger partial charge in [-0.15, -0.1) is 0 Å². The number of anilines is 2. The highest BCUT2D eigenvalue weighted by atomic mass is 16.1. The Morgan fingerprint density at radius 3 is 2.59 bits per heavy atom. The van der Waals surface area contributed by atoms with E-state index in [1.54, 1.807) is 0 Å². The Bertz CT molecular complexity index is 725. The van der Waals surface area contributed by atoms with Crippen molar-refractivity contribution in [2.45, 2.75) is 19.8 Å². The Kier molecular flexibility index (Phi) is 3.96. The van der Waals surface area contributed by atoms with Gasteiger partial charge in [-0.2, -0.15) is 0 Å². The van der Waals surface area contributed by atoms with Gasteiger partial charge in [-0.3, -0.25) is 9.59 Å². The summed E-state index contributed by atoms with van der Waals surface area (Å²) < 4.78 is 0. The lowest BCUT2D eigenvalue weighted by Gasteiger charge is -2.19. The number of aryl methyl sites for hydroxylation is 1. The van der Waals surface area contributed by atoms with Crippen molar-refractivity contribution in [3.63, 3.8) is 0 Å². The Morgan fingerprint density at radius 1 is 1.18 bits per heavy atom. The van der Waals surface area contributed by atoms with E-state index >= 15 is 0 Å². The average molecular weight is 297 g/mol. The van der Waals surface area contributed by atoms with E-state index in [4.69, 9.17) is 0 Å². The van der Waals surface area contributed by atoms with Gasteiger partial charge >= 0.3 is 0 Å². The summed E-state index contributed by atoms with van der Waals surface area (Å²) in [4.78, 5) is 28.1. The number of nitrogens with zero attached hydrogens (tertiary/aromatic N) is 1. The first-order valence-electron chi connectivity index (χ1n) is 7.49. The van der Waals surface area contributed by atoms with Gasteiger partial charge in [0.05, 0.1) is 5.56 Å². The maximum atomic E-state index is 12.2. The fourth-order valence-electron chi connectivity index (χ4n) is 2.71. The number of pyridine rings is 1. The Morgan fingerprint density at radius 2 is 1.95 bits per heavy atom. The Balaban J connectivity index is 1.76. The molecule has 3 rings (SSSR count). The number of rotatable bonds is 3. The van der Waals surface area contributed by atoms with Crippen molar-refractivity contribution < 1.29 is 4.79 Å². The molecular formula is C17H19N3O2. The molecule has 0 unspecified atom stereocenters. The van der Waals surface area contributed by atoms with Gasteiger partial charge < -0.3 is 15.2 Å². The Labute approximate surface area is 129 Å². The van der Waals surface area contributed by atoms with Crippen molar-refractivity contribution in [2.75, 3.05) is 23.3 Å². The molecule has 1 fully saturated rings. The maximum absolute atomic E-state index is 12.2. The summed E-state index contributed by atoms with van der Waals surface area (Å²) in [5, 5.41) is 2.88. The summed E-state index contributed by atoms with van der Waals surface area (Å²) >= 11 is 0. The summed E-state index contributed by atoms with van der Waals surface area (Å²) in [6.07, 6.45) is 3.90. The molecule has 1 amide bonds. The third kappa shape index (κ3) is 3.03. The summed E-state index contributed by atoms with van der Waals surface area (Å²) in [7, 11) is 0. The van der Waals surface area contributed by atoms with Crippen molar-refractivity contribution in [3.05, 3.63) is 58.0 Å². The van der Waals surface area contributed by atoms with Gasteiger partial charge in [-0.05, 0) is 49.6 Å². The van der Waals surface area contributed by atoms with Crippen LogP contribution in [0.15, 0.2) is 41.3 Å². The molecular weight excluding hydrogens is 278 g/mol. The van der Waals surface area contributed by atoms with Crippen LogP contribution in [0, 0.1) is 6.92 Å². The van der Waals surface area contributed by atoms with E-state index in [0.717, 1.165) is 24.3 Å². The fourth-order valence-corrected chi connectivity index (χ4v) is 2.71. The smallest absolute Gasteiger partial charge is 0.257 e. The number of nitrogens with one attached hydrogen (secondary N) is 2. The minimum atomic E-state index is -0.228. The highest BCUT2D eigenvalue weighted by Crippen LogP contribution is 2.25. The van der Waals surface area contributed by atoms with Gasteiger partial charge in [0.15, 0.2) is 0 Å². The molecule has 0 atom stereocenters. The predicted octanol–water partition coefficient (Wildman–Crippen LogP) is 2.54. The SMILES string of the molecule is Cc1cc(N2CCCC2)ccc1NC(=O)c1ccc(=O)[nH]c1. The summed E-state index contributed by atoms with van der Waals surface area (Å²) in [5.41, 5.74) is 3.24. The highest BCUT2D eigenvalue weighted by Gasteiger charge is 2.14. The van der Waals surface area contributed by atoms with Crippen LogP contribution in [0.2, 0.25) is 0 Å². The van der Waals surface area contributed by atoms with Gasteiger partial charge in [0.25, 0.3) is 5.91 Å². The van der Waals surface area contributed by atoms with E-state index in [9.17, 15) is 9.59 Å². The van der Waals surface area contributed by atoms with E-state index in [1.165, 1.54) is 36.9 Å². The zero-order valence-electron chi connectivity index (χ0n) is 12.6. The summed E-state index contributed by atoms with van der Waals surface area (Å²) in [6.45, 7) is 4.19. The van der Waals surface area contributed by atoms with E-state index in [2.05, 4.69) is 21.3 Å². The molecule has 2 N–H and O–H groups in total. The van der Waals surface area contributed by atoms with Crippen LogP contribution >= 0.6 is 0 Å². The zero-order valence-corrected chi connectivity index (χ0v) is 12.6. The number of aromatic nitrogens is 1. The first-order valence-corrected chi connectivity index (χ1v) is 7.49. The van der Waals surface area contributed by atoms with Crippen LogP contribution in [0.5, 0.6) is 0 Å². The minimum absolute atomic E-state index is 0.220. The van der Waals surface area contributed by atoms with E-state index in [1.807, 2.05) is 19.1 Å². The van der Waals surface area contributed by atoms with Crippen molar-refractivity contribution in [2.24, 2.45) is 0 Å². The fraction of sp³-hybridized carbons (Fsp3) is 0.294. The van der Waals surface area contributed by atoms with Crippen LogP contribution in [0.4, 0.5) is 11.4 Å². The van der Waals surface area contributed by atoms with Crippen molar-refractivity contribution in [1.82, 2.24) is 4.98 Å². The first kappa shape index (κ1) is 14.4. The number of hydrogen-bond donors (Lipinski definition) is 2. The van der Waals surface area contributed by atoms with Crippen LogP contribution in [-0.4, -0.2) is 24.0 Å². The zero-order chi connectivity index (χ0) is 15.5. The molecule has 114 valence electrons. The molecule has 0 spiro atoms. The van der Waals surface area contributed by atoms with Gasteiger partial charge in [0.2, 0.25) is 5.56 Å². The van der Waals surface area contributed by atoms with Crippen LogP contribution < -0.4 is 15.8 Å². The molecule has 0 aliphatic carbocycles. The molecule has 5 heteroatoms. The lowest BCUT2D eigenvalue weighted by molar-refractivity contribution is 0.102. The number of H-pyrrole nitrogens is 1. The number of amides is 1. The largest absolute Gasteiger partial charge is 0.372 e. The molecule has 1 saturated heterocycles. The molecule has 2 aromatic rings. The molecule has 0 bridgehead atoms. The molecule has 1 aromatic carbocycles. The number of hydrogen-bond acceptors (Lipinski definition) is 3. The van der Waals surface area contributed by atoms with Gasteiger partial charge in [-0.1, -0.05) is 0 Å². The molecule has 1 aromatic heterocycles. The normalized spacial score (nSPS) is 14.1. The molecule has 5 nitrogen and oxygen atoms in total. The molecule has 0 saturated carbocycles. The minimum Gasteiger partial charge on any atom is -0.372 e. The molecule has 22 heavy (non-hydrogen) atoms. The second-order valence-electron chi connectivity index (χ2n) is 5.59. The van der Waals surface area contributed by atoms with E-state index in [-0.39, 0.29) is 11.5 Å². The van der Waals surface area contributed by atoms with Crippen LogP contribution in [0.25, 0.3) is 0 Å². The number of aromatic amines is 1.